The molecule has 24 heavy (non-hydrogen) atoms. The van der Waals surface area contributed by atoms with Gasteiger partial charge in [-0.25, -0.2) is 4.57 Å². The average molecular weight is 774 g/mol. The van der Waals surface area contributed by atoms with Crippen molar-refractivity contribution in [3.63, 3.8) is 0 Å². The van der Waals surface area contributed by atoms with Crippen molar-refractivity contribution in [1.82, 2.24) is 0 Å². The van der Waals surface area contributed by atoms with Gasteiger partial charge in [0, 0.05) is 37.4 Å². The first kappa shape index (κ1) is 27.3. The van der Waals surface area contributed by atoms with Crippen LogP contribution in [0.4, 0.5) is 0 Å². The summed E-state index contributed by atoms with van der Waals surface area (Å²) >= 11 is 27.5. The highest BCUT2D eigenvalue weighted by atomic mass is 79.9. The Bertz CT molecular complexity index is 402. The van der Waals surface area contributed by atoms with Gasteiger partial charge in [0.2, 0.25) is 0 Å². The van der Waals surface area contributed by atoms with E-state index in [0.717, 1.165) is 16.0 Å². The molecule has 0 bridgehead atoms. The molecule has 0 heterocycles. The maximum Gasteiger partial charge on any atom is 0.471 e. The number of phosphoric ester groups is 1. The quantitative estimate of drug-likeness (QED) is 0.165. The molecule has 0 aromatic heterocycles. The first-order chi connectivity index (χ1) is 11.0. The zero-order valence-electron chi connectivity index (χ0n) is 12.7. The molecule has 0 amide bonds. The van der Waals surface area contributed by atoms with Crippen LogP contribution in [0.25, 0.3) is 0 Å². The minimum absolute atomic E-state index is 0.127. The van der Waals surface area contributed by atoms with Crippen LogP contribution in [0.15, 0.2) is 0 Å². The molecule has 1 atom stereocenters. The summed E-state index contributed by atoms with van der Waals surface area (Å²) in [5, 5.41) is 2.52. The monoisotopic (exact) mass is 768 g/mol. The van der Waals surface area contributed by atoms with Gasteiger partial charge in [0.15, 0.2) is 5.06 Å². The Hall–Kier alpha value is 3.28. The third-order valence-corrected chi connectivity index (χ3v) is 11.9. The smallest absolute Gasteiger partial charge is 0.303 e. The Morgan fingerprint density at radius 3 is 1.46 bits per heavy atom. The van der Waals surface area contributed by atoms with Gasteiger partial charge in [0.1, 0.15) is 0 Å². The van der Waals surface area contributed by atoms with E-state index >= 15 is 0 Å². The lowest BCUT2D eigenvalue weighted by Gasteiger charge is -2.39. The van der Waals surface area contributed by atoms with Crippen LogP contribution in [0.2, 0.25) is 0 Å². The van der Waals surface area contributed by atoms with Crippen LogP contribution in [0.3, 0.4) is 0 Å². The number of alkyl halides is 7. The van der Waals surface area contributed by atoms with Gasteiger partial charge in [-0.3, -0.25) is 4.52 Å². The molecular formula is C12H20Br6ClO4P. The van der Waals surface area contributed by atoms with E-state index in [1.165, 1.54) is 0 Å². The van der Waals surface area contributed by atoms with Crippen LogP contribution in [0, 0.1) is 10.8 Å². The van der Waals surface area contributed by atoms with Crippen molar-refractivity contribution < 1.29 is 18.9 Å². The van der Waals surface area contributed by atoms with E-state index in [2.05, 4.69) is 95.6 Å². The second-order valence-electron chi connectivity index (χ2n) is 5.94. The predicted molar refractivity (Wildman–Crippen MR) is 123 cm³/mol. The summed E-state index contributed by atoms with van der Waals surface area (Å²) in [6, 6.07) is 0. The molecule has 0 saturated heterocycles. The van der Waals surface area contributed by atoms with Crippen molar-refractivity contribution in [2.75, 3.05) is 32.0 Å². The van der Waals surface area contributed by atoms with Crippen molar-refractivity contribution in [2.24, 2.45) is 10.8 Å². The molecule has 0 aromatic carbocycles. The van der Waals surface area contributed by atoms with E-state index < -0.39 is 12.9 Å². The summed E-state index contributed by atoms with van der Waals surface area (Å²) in [5.41, 5.74) is -0.463. The highest BCUT2D eigenvalue weighted by Gasteiger charge is 2.44. The lowest BCUT2D eigenvalue weighted by Crippen LogP contribution is -2.40. The summed E-state index contributed by atoms with van der Waals surface area (Å²) < 4.78 is 16.5. The van der Waals surface area contributed by atoms with Gasteiger partial charge in [-0.1, -0.05) is 107 Å². The molecule has 12 heteroatoms. The van der Waals surface area contributed by atoms with Gasteiger partial charge in [0.05, 0.1) is 0 Å². The summed E-state index contributed by atoms with van der Waals surface area (Å²) in [7, 11) is -4.73. The second-order valence-corrected chi connectivity index (χ2v) is 11.2. The van der Waals surface area contributed by atoms with Crippen molar-refractivity contribution in [3.05, 3.63) is 0 Å². The van der Waals surface area contributed by atoms with Crippen LogP contribution < -0.4 is 0 Å². The first-order valence-electron chi connectivity index (χ1n) is 6.80. The average Bonchev–Trinajstić information content (AvgIpc) is 2.53. The summed E-state index contributed by atoms with van der Waals surface area (Å²) in [6.07, 6.45) is 1.20. The van der Waals surface area contributed by atoms with E-state index in [9.17, 15) is 14.4 Å². The maximum atomic E-state index is 11.5. The van der Waals surface area contributed by atoms with Crippen molar-refractivity contribution in [3.8, 4) is 0 Å². The maximum absolute atomic E-state index is 11.5. The van der Waals surface area contributed by atoms with Gasteiger partial charge in [-0.05, 0) is 24.7 Å². The van der Waals surface area contributed by atoms with Crippen molar-refractivity contribution in [2.45, 2.75) is 24.3 Å². The van der Waals surface area contributed by atoms with Gasteiger partial charge >= 0.3 is 7.82 Å². The molecule has 0 saturated carbocycles. The zero-order valence-corrected chi connectivity index (χ0v) is 23.8. The molecule has 0 aliphatic heterocycles. The summed E-state index contributed by atoms with van der Waals surface area (Å²) in [5.74, 6) is 0. The minimum atomic E-state index is -4.73. The molecule has 0 aliphatic carbocycles. The van der Waals surface area contributed by atoms with E-state index in [1.807, 2.05) is 0 Å². The SMILES string of the molecule is O=P(O)(O)OC(Cl)(CCC(CBr)(CBr)CBr)CC(CBr)(CBr)CBr. The van der Waals surface area contributed by atoms with E-state index in [1.54, 1.807) is 0 Å². The molecule has 146 valence electrons. The van der Waals surface area contributed by atoms with Crippen LogP contribution in [-0.2, 0) is 9.09 Å². The van der Waals surface area contributed by atoms with Gasteiger partial charge in [0.25, 0.3) is 0 Å². The van der Waals surface area contributed by atoms with E-state index in [-0.39, 0.29) is 17.3 Å². The summed E-state index contributed by atoms with van der Waals surface area (Å²) in [6.45, 7) is 0. The molecule has 4 nitrogen and oxygen atoms in total. The second kappa shape index (κ2) is 12.1. The minimum Gasteiger partial charge on any atom is -0.303 e. The number of hydrogen-bond donors (Lipinski definition) is 2. The Kier molecular flexibility index (Phi) is 13.7. The molecule has 0 spiro atoms. The lowest BCUT2D eigenvalue weighted by atomic mass is 9.83. The van der Waals surface area contributed by atoms with Crippen molar-refractivity contribution >= 4 is 115 Å². The molecule has 0 aliphatic rings. The molecule has 0 radical (unpaired) electrons. The van der Waals surface area contributed by atoms with Crippen molar-refractivity contribution in [1.29, 1.82) is 0 Å². The fourth-order valence-corrected chi connectivity index (χ4v) is 10.2. The zero-order chi connectivity index (χ0) is 19.1. The van der Waals surface area contributed by atoms with Gasteiger partial charge in [-0.15, -0.1) is 0 Å². The number of hydrogen-bond acceptors (Lipinski definition) is 2. The molecule has 0 fully saturated rings. The number of rotatable bonds is 13. The Labute approximate surface area is 199 Å². The number of halogens is 7. The Morgan fingerprint density at radius 2 is 1.17 bits per heavy atom. The molecule has 0 rings (SSSR count). The number of phosphoric acid groups is 1. The largest absolute Gasteiger partial charge is 0.471 e. The normalized spacial score (nSPS) is 16.2. The molecule has 2 N–H and O–H groups in total. The Balaban J connectivity index is 5.46. The standard InChI is InChI=1S/C12H20Br6ClO4P/c13-4-10(5-14,6-15)1-2-12(19,23-24(20,21)22)3-11(7-16,8-17)9-18/h1-9H2,(H2,20,21,22). The van der Waals surface area contributed by atoms with Gasteiger partial charge in [-0.2, -0.15) is 0 Å². The predicted octanol–water partition coefficient (Wildman–Crippen LogP) is 6.54. The highest BCUT2D eigenvalue weighted by molar-refractivity contribution is 9.10. The van der Waals surface area contributed by atoms with Crippen LogP contribution in [0.5, 0.6) is 0 Å². The van der Waals surface area contributed by atoms with Gasteiger partial charge < -0.3 is 9.79 Å². The van der Waals surface area contributed by atoms with E-state index in [4.69, 9.17) is 16.1 Å². The van der Waals surface area contributed by atoms with Crippen LogP contribution >= 0.6 is 115 Å². The topological polar surface area (TPSA) is 66.8 Å². The third kappa shape index (κ3) is 9.19. The fourth-order valence-electron chi connectivity index (χ4n) is 1.95. The molecule has 0 aromatic rings. The first-order valence-corrected chi connectivity index (χ1v) is 15.4. The summed E-state index contributed by atoms with van der Waals surface area (Å²) in [4.78, 5) is 18.6. The molecule has 1 unspecified atom stereocenters. The third-order valence-electron chi connectivity index (χ3n) is 3.65. The van der Waals surface area contributed by atoms with Crippen LogP contribution in [-0.4, -0.2) is 46.8 Å². The van der Waals surface area contributed by atoms with Crippen LogP contribution in [0.1, 0.15) is 19.3 Å². The highest BCUT2D eigenvalue weighted by Crippen LogP contribution is 2.51. The van der Waals surface area contributed by atoms with E-state index in [0.29, 0.717) is 28.8 Å². The Morgan fingerprint density at radius 1 is 0.792 bits per heavy atom. The molecular weight excluding hydrogens is 754 g/mol. The lowest BCUT2D eigenvalue weighted by molar-refractivity contribution is 0.0562. The fraction of sp³-hybridized carbons (Fsp3) is 1.00.